The summed E-state index contributed by atoms with van der Waals surface area (Å²) in [5.41, 5.74) is 1.46. The molecule has 1 aromatic carbocycles. The van der Waals surface area contributed by atoms with Crippen molar-refractivity contribution in [3.63, 3.8) is 0 Å². The van der Waals surface area contributed by atoms with Gasteiger partial charge in [-0.3, -0.25) is 0 Å². The minimum Gasteiger partial charge on any atom is -0.388 e. The summed E-state index contributed by atoms with van der Waals surface area (Å²) in [5.74, 6) is 0. The maximum absolute atomic E-state index is 12.9. The zero-order valence-corrected chi connectivity index (χ0v) is 12.6. The molecule has 0 aliphatic heterocycles. The topological polar surface area (TPSA) is 25.2 Å². The van der Waals surface area contributed by atoms with E-state index in [0.717, 1.165) is 36.2 Å². The molecule has 0 saturated carbocycles. The molecule has 1 atom stereocenters. The molecule has 1 aliphatic carbocycles. The van der Waals surface area contributed by atoms with E-state index >= 15 is 0 Å². The Labute approximate surface area is 128 Å². The summed E-state index contributed by atoms with van der Waals surface area (Å²) in [7, 11) is 0. The predicted octanol–water partition coefficient (Wildman–Crippen LogP) is 4.63. The normalized spacial score (nSPS) is 18.6. The van der Waals surface area contributed by atoms with Gasteiger partial charge in [-0.15, -0.1) is 0 Å². The molecule has 0 bridgehead atoms. The second kappa shape index (κ2) is 5.18. The van der Waals surface area contributed by atoms with Crippen molar-refractivity contribution in [3.8, 4) is 5.69 Å². The molecule has 2 aromatic rings. The third kappa shape index (κ3) is 2.62. The number of aliphatic hydroxyl groups is 1. The average molecular weight is 360 g/mol. The van der Waals surface area contributed by atoms with Crippen LogP contribution in [0.25, 0.3) is 5.69 Å². The Morgan fingerprint density at radius 2 is 2.00 bits per heavy atom. The van der Waals surface area contributed by atoms with E-state index in [1.54, 1.807) is 16.8 Å². The van der Waals surface area contributed by atoms with E-state index in [0.29, 0.717) is 16.6 Å². The Hall–Kier alpha value is -1.27. The van der Waals surface area contributed by atoms with Crippen LogP contribution in [0.5, 0.6) is 0 Å². The molecule has 6 heteroatoms. The Morgan fingerprint density at radius 3 is 2.71 bits per heavy atom. The van der Waals surface area contributed by atoms with Crippen LogP contribution in [-0.4, -0.2) is 9.67 Å². The second-order valence-corrected chi connectivity index (χ2v) is 6.01. The number of aromatic nitrogens is 1. The van der Waals surface area contributed by atoms with Gasteiger partial charge in [-0.25, -0.2) is 0 Å². The highest BCUT2D eigenvalue weighted by atomic mass is 79.9. The molecule has 0 saturated heterocycles. The summed E-state index contributed by atoms with van der Waals surface area (Å²) >= 11 is 3.31. The maximum Gasteiger partial charge on any atom is 0.416 e. The lowest BCUT2D eigenvalue weighted by atomic mass is 9.95. The molecule has 2 nitrogen and oxygen atoms in total. The van der Waals surface area contributed by atoms with Crippen molar-refractivity contribution >= 4 is 15.9 Å². The predicted molar refractivity (Wildman–Crippen MR) is 76.4 cm³/mol. The van der Waals surface area contributed by atoms with Gasteiger partial charge in [0.25, 0.3) is 0 Å². The minimum absolute atomic E-state index is 0.445. The SMILES string of the molecule is OC1CCCc2c1ccn2-c1cc(C(F)(F)F)ccc1Br. The zero-order chi connectivity index (χ0) is 15.2. The highest BCUT2D eigenvalue weighted by Gasteiger charge is 2.31. The summed E-state index contributed by atoms with van der Waals surface area (Å²) in [5, 5.41) is 9.97. The highest BCUT2D eigenvalue weighted by molar-refractivity contribution is 9.10. The first-order valence-electron chi connectivity index (χ1n) is 6.63. The number of hydrogen-bond acceptors (Lipinski definition) is 1. The molecule has 3 rings (SSSR count). The van der Waals surface area contributed by atoms with Gasteiger partial charge in [0, 0.05) is 21.9 Å². The number of alkyl halides is 3. The van der Waals surface area contributed by atoms with Gasteiger partial charge in [0.05, 0.1) is 17.4 Å². The lowest BCUT2D eigenvalue weighted by Crippen LogP contribution is -2.12. The van der Waals surface area contributed by atoms with Crippen LogP contribution in [0.1, 0.15) is 35.8 Å². The van der Waals surface area contributed by atoms with E-state index in [2.05, 4.69) is 15.9 Å². The summed E-state index contributed by atoms with van der Waals surface area (Å²) < 4.78 is 41.0. The van der Waals surface area contributed by atoms with Gasteiger partial charge in [-0.2, -0.15) is 13.2 Å². The van der Waals surface area contributed by atoms with Crippen molar-refractivity contribution in [2.45, 2.75) is 31.5 Å². The van der Waals surface area contributed by atoms with Crippen molar-refractivity contribution in [2.75, 3.05) is 0 Å². The van der Waals surface area contributed by atoms with Crippen LogP contribution in [0.2, 0.25) is 0 Å². The molecule has 0 amide bonds. The van der Waals surface area contributed by atoms with E-state index in [4.69, 9.17) is 0 Å². The molecule has 1 aliphatic rings. The fourth-order valence-corrected chi connectivity index (χ4v) is 3.20. The Morgan fingerprint density at radius 1 is 1.24 bits per heavy atom. The number of nitrogens with zero attached hydrogens (tertiary/aromatic N) is 1. The number of rotatable bonds is 1. The molecule has 112 valence electrons. The molecule has 1 aromatic heterocycles. The number of fused-ring (bicyclic) bond motifs is 1. The first-order chi connectivity index (χ1) is 9.88. The van der Waals surface area contributed by atoms with Crippen molar-refractivity contribution in [1.82, 2.24) is 4.57 Å². The van der Waals surface area contributed by atoms with Gasteiger partial charge in [-0.1, -0.05) is 0 Å². The van der Waals surface area contributed by atoms with Gasteiger partial charge in [0.15, 0.2) is 0 Å². The van der Waals surface area contributed by atoms with E-state index in [-0.39, 0.29) is 0 Å². The highest BCUT2D eigenvalue weighted by Crippen LogP contribution is 2.36. The maximum atomic E-state index is 12.9. The van der Waals surface area contributed by atoms with Crippen LogP contribution in [0, 0.1) is 0 Å². The van der Waals surface area contributed by atoms with E-state index in [9.17, 15) is 18.3 Å². The first kappa shape index (κ1) is 14.7. The quantitative estimate of drug-likeness (QED) is 0.788. The van der Waals surface area contributed by atoms with Crippen LogP contribution in [-0.2, 0) is 12.6 Å². The van der Waals surface area contributed by atoms with Gasteiger partial charge in [-0.05, 0) is 59.5 Å². The monoisotopic (exact) mass is 359 g/mol. The molecule has 21 heavy (non-hydrogen) atoms. The van der Waals surface area contributed by atoms with E-state index in [1.807, 2.05) is 0 Å². The molecular formula is C15H13BrF3NO. The van der Waals surface area contributed by atoms with Crippen molar-refractivity contribution in [2.24, 2.45) is 0 Å². The Balaban J connectivity index is 2.13. The third-order valence-corrected chi connectivity index (χ3v) is 4.48. The van der Waals surface area contributed by atoms with E-state index < -0.39 is 17.8 Å². The fraction of sp³-hybridized carbons (Fsp3) is 0.333. The second-order valence-electron chi connectivity index (χ2n) is 5.16. The molecule has 1 N–H and O–H groups in total. The van der Waals surface area contributed by atoms with E-state index in [1.165, 1.54) is 6.07 Å². The van der Waals surface area contributed by atoms with Crippen LogP contribution >= 0.6 is 15.9 Å². The summed E-state index contributed by atoms with van der Waals surface area (Å²) in [4.78, 5) is 0. The molecule has 0 radical (unpaired) electrons. The largest absolute Gasteiger partial charge is 0.416 e. The van der Waals surface area contributed by atoms with Crippen LogP contribution in [0.15, 0.2) is 34.9 Å². The van der Waals surface area contributed by atoms with Gasteiger partial charge in [0.1, 0.15) is 0 Å². The summed E-state index contributed by atoms with van der Waals surface area (Å²) in [6.07, 6.45) is -0.904. The van der Waals surface area contributed by atoms with Crippen LogP contribution in [0.4, 0.5) is 13.2 Å². The number of hydrogen-bond donors (Lipinski definition) is 1. The Bertz CT molecular complexity index is 678. The minimum atomic E-state index is -4.37. The standard InChI is InChI=1S/C15H13BrF3NO/c16-11-5-4-9(15(17,18)19)8-13(11)20-7-6-10-12(20)2-1-3-14(10)21/h4-8,14,21H,1-3H2. The number of benzene rings is 1. The van der Waals surface area contributed by atoms with Crippen LogP contribution < -0.4 is 0 Å². The van der Waals surface area contributed by atoms with Gasteiger partial charge >= 0.3 is 6.18 Å². The lowest BCUT2D eigenvalue weighted by Gasteiger charge is -2.21. The van der Waals surface area contributed by atoms with Crippen molar-refractivity contribution in [1.29, 1.82) is 0 Å². The molecule has 0 spiro atoms. The molecule has 0 fully saturated rings. The number of aliphatic hydroxyl groups excluding tert-OH is 1. The average Bonchev–Trinajstić information content (AvgIpc) is 2.83. The number of halogens is 4. The molecule has 1 unspecified atom stereocenters. The Kier molecular flexibility index (Phi) is 3.61. The van der Waals surface area contributed by atoms with Crippen molar-refractivity contribution < 1.29 is 18.3 Å². The lowest BCUT2D eigenvalue weighted by molar-refractivity contribution is -0.137. The van der Waals surface area contributed by atoms with Crippen molar-refractivity contribution in [3.05, 3.63) is 51.8 Å². The zero-order valence-electron chi connectivity index (χ0n) is 11.0. The van der Waals surface area contributed by atoms with Gasteiger partial charge < -0.3 is 9.67 Å². The third-order valence-electron chi connectivity index (χ3n) is 3.81. The molecular weight excluding hydrogens is 347 g/mol. The first-order valence-corrected chi connectivity index (χ1v) is 7.42. The summed E-state index contributed by atoms with van der Waals surface area (Å²) in [6.45, 7) is 0. The smallest absolute Gasteiger partial charge is 0.388 e. The fourth-order valence-electron chi connectivity index (χ4n) is 2.77. The van der Waals surface area contributed by atoms with Gasteiger partial charge in [0.2, 0.25) is 0 Å². The summed E-state index contributed by atoms with van der Waals surface area (Å²) in [6, 6.07) is 5.37. The molecule has 1 heterocycles. The van der Waals surface area contributed by atoms with Crippen LogP contribution in [0.3, 0.4) is 0 Å².